The average Bonchev–Trinajstić information content (AvgIpc) is 2.46. The molecular weight excluding hydrogens is 176 g/mol. The lowest BCUT2D eigenvalue weighted by Crippen LogP contribution is -2.10. The number of nitrogens with zero attached hydrogens (tertiary/aromatic N) is 1. The molecule has 0 bridgehead atoms. The van der Waals surface area contributed by atoms with E-state index in [2.05, 4.69) is 31.1 Å². The van der Waals surface area contributed by atoms with Crippen LogP contribution in [0.25, 0.3) is 0 Å². The van der Waals surface area contributed by atoms with Crippen molar-refractivity contribution in [3.05, 3.63) is 17.8 Å². The Morgan fingerprint density at radius 2 is 2.14 bits per heavy atom. The van der Waals surface area contributed by atoms with Gasteiger partial charge < -0.3 is 9.73 Å². The van der Waals surface area contributed by atoms with E-state index in [4.69, 9.17) is 4.42 Å². The fraction of sp³-hybridized carbons (Fsp3) is 0.727. The van der Waals surface area contributed by atoms with Crippen molar-refractivity contribution in [1.82, 2.24) is 10.3 Å². The Balaban J connectivity index is 2.51. The highest BCUT2D eigenvalue weighted by Crippen LogP contribution is 2.20. The van der Waals surface area contributed by atoms with Gasteiger partial charge in [-0.2, -0.15) is 0 Å². The molecule has 0 aliphatic rings. The standard InChI is InChI=1S/C11H20N2O/c1-11(2,3)7-9-8-13-10(14-9)5-6-12-4/h8,12H,5-7H2,1-4H3. The fourth-order valence-electron chi connectivity index (χ4n) is 1.30. The van der Waals surface area contributed by atoms with Crippen LogP contribution in [0.15, 0.2) is 10.6 Å². The van der Waals surface area contributed by atoms with E-state index in [-0.39, 0.29) is 5.41 Å². The van der Waals surface area contributed by atoms with Gasteiger partial charge in [0.2, 0.25) is 0 Å². The smallest absolute Gasteiger partial charge is 0.195 e. The molecule has 1 aromatic rings. The predicted molar refractivity (Wildman–Crippen MR) is 57.3 cm³/mol. The summed E-state index contributed by atoms with van der Waals surface area (Å²) >= 11 is 0. The zero-order valence-electron chi connectivity index (χ0n) is 9.55. The van der Waals surface area contributed by atoms with Gasteiger partial charge in [0.05, 0.1) is 6.20 Å². The second kappa shape index (κ2) is 4.60. The molecule has 0 spiro atoms. The van der Waals surface area contributed by atoms with Gasteiger partial charge in [0, 0.05) is 19.4 Å². The molecule has 1 heterocycles. The zero-order valence-corrected chi connectivity index (χ0v) is 9.55. The van der Waals surface area contributed by atoms with Crippen molar-refractivity contribution in [2.75, 3.05) is 13.6 Å². The van der Waals surface area contributed by atoms with Gasteiger partial charge in [-0.05, 0) is 12.5 Å². The van der Waals surface area contributed by atoms with Crippen LogP contribution in [-0.4, -0.2) is 18.6 Å². The highest BCUT2D eigenvalue weighted by molar-refractivity contribution is 4.97. The first-order valence-electron chi connectivity index (χ1n) is 5.09. The van der Waals surface area contributed by atoms with Crippen LogP contribution in [0.4, 0.5) is 0 Å². The number of aromatic nitrogens is 1. The molecule has 1 rings (SSSR count). The summed E-state index contributed by atoms with van der Waals surface area (Å²) < 4.78 is 5.61. The van der Waals surface area contributed by atoms with Crippen molar-refractivity contribution in [1.29, 1.82) is 0 Å². The molecule has 80 valence electrons. The van der Waals surface area contributed by atoms with Crippen molar-refractivity contribution >= 4 is 0 Å². The SMILES string of the molecule is CNCCc1ncc(CC(C)(C)C)o1. The molecule has 14 heavy (non-hydrogen) atoms. The van der Waals surface area contributed by atoms with Crippen LogP contribution in [0.3, 0.4) is 0 Å². The molecule has 0 fully saturated rings. The molecule has 0 atom stereocenters. The summed E-state index contributed by atoms with van der Waals surface area (Å²) in [5.74, 6) is 1.82. The average molecular weight is 196 g/mol. The number of hydrogen-bond donors (Lipinski definition) is 1. The van der Waals surface area contributed by atoms with Gasteiger partial charge in [-0.3, -0.25) is 0 Å². The van der Waals surface area contributed by atoms with Gasteiger partial charge >= 0.3 is 0 Å². The first-order chi connectivity index (χ1) is 6.51. The lowest BCUT2D eigenvalue weighted by Gasteiger charge is -2.15. The Morgan fingerprint density at radius 3 is 2.71 bits per heavy atom. The molecule has 0 amide bonds. The van der Waals surface area contributed by atoms with Crippen molar-refractivity contribution in [3.63, 3.8) is 0 Å². The monoisotopic (exact) mass is 196 g/mol. The molecule has 0 unspecified atom stereocenters. The van der Waals surface area contributed by atoms with Crippen LogP contribution in [-0.2, 0) is 12.8 Å². The van der Waals surface area contributed by atoms with E-state index in [1.165, 1.54) is 0 Å². The lowest BCUT2D eigenvalue weighted by molar-refractivity contribution is 0.352. The van der Waals surface area contributed by atoms with Crippen LogP contribution in [0.2, 0.25) is 0 Å². The largest absolute Gasteiger partial charge is 0.446 e. The summed E-state index contributed by atoms with van der Waals surface area (Å²) in [6, 6.07) is 0. The third-order valence-electron chi connectivity index (χ3n) is 1.89. The van der Waals surface area contributed by atoms with E-state index in [9.17, 15) is 0 Å². The summed E-state index contributed by atoms with van der Waals surface area (Å²) in [6.45, 7) is 7.50. The molecule has 3 heteroatoms. The number of hydrogen-bond acceptors (Lipinski definition) is 3. The van der Waals surface area contributed by atoms with E-state index in [0.717, 1.165) is 31.0 Å². The minimum Gasteiger partial charge on any atom is -0.446 e. The van der Waals surface area contributed by atoms with E-state index < -0.39 is 0 Å². The first-order valence-corrected chi connectivity index (χ1v) is 5.09. The van der Waals surface area contributed by atoms with Gasteiger partial charge in [0.15, 0.2) is 5.89 Å². The van der Waals surface area contributed by atoms with Crippen molar-refractivity contribution in [2.45, 2.75) is 33.6 Å². The van der Waals surface area contributed by atoms with Gasteiger partial charge in [0.1, 0.15) is 5.76 Å². The van der Waals surface area contributed by atoms with E-state index in [1.54, 1.807) is 0 Å². The number of oxazole rings is 1. The lowest BCUT2D eigenvalue weighted by atomic mass is 9.91. The third-order valence-corrected chi connectivity index (χ3v) is 1.89. The van der Waals surface area contributed by atoms with Crippen molar-refractivity contribution < 1.29 is 4.42 Å². The second-order valence-corrected chi connectivity index (χ2v) is 4.81. The molecule has 1 N–H and O–H groups in total. The van der Waals surface area contributed by atoms with Crippen LogP contribution in [0.5, 0.6) is 0 Å². The van der Waals surface area contributed by atoms with Gasteiger partial charge in [-0.1, -0.05) is 20.8 Å². The second-order valence-electron chi connectivity index (χ2n) is 4.81. The summed E-state index contributed by atoms with van der Waals surface area (Å²) in [6.07, 6.45) is 3.65. The zero-order chi connectivity index (χ0) is 10.6. The highest BCUT2D eigenvalue weighted by atomic mass is 16.4. The molecule has 0 aliphatic heterocycles. The molecule has 0 aromatic carbocycles. The first kappa shape index (κ1) is 11.2. The van der Waals surface area contributed by atoms with Crippen LogP contribution >= 0.6 is 0 Å². The number of likely N-dealkylation sites (N-methyl/N-ethyl adjacent to an activating group) is 1. The van der Waals surface area contributed by atoms with Crippen LogP contribution < -0.4 is 5.32 Å². The van der Waals surface area contributed by atoms with E-state index in [0.29, 0.717) is 0 Å². The van der Waals surface area contributed by atoms with Gasteiger partial charge in [-0.25, -0.2) is 4.98 Å². The van der Waals surface area contributed by atoms with Gasteiger partial charge in [0.25, 0.3) is 0 Å². The van der Waals surface area contributed by atoms with Crippen molar-refractivity contribution in [2.24, 2.45) is 5.41 Å². The Hall–Kier alpha value is -0.830. The Labute approximate surface area is 85.9 Å². The normalized spacial score (nSPS) is 12.0. The molecule has 0 saturated carbocycles. The fourth-order valence-corrected chi connectivity index (χ4v) is 1.30. The maximum Gasteiger partial charge on any atom is 0.195 e. The summed E-state index contributed by atoms with van der Waals surface area (Å²) in [5.41, 5.74) is 0.264. The number of rotatable bonds is 4. The van der Waals surface area contributed by atoms with Crippen molar-refractivity contribution in [3.8, 4) is 0 Å². The Bertz CT molecular complexity index is 273. The molecule has 1 aromatic heterocycles. The maximum atomic E-state index is 5.61. The minimum absolute atomic E-state index is 0.264. The molecular formula is C11H20N2O. The third kappa shape index (κ3) is 3.92. The predicted octanol–water partition coefficient (Wildman–Crippen LogP) is 2.03. The minimum atomic E-state index is 0.264. The van der Waals surface area contributed by atoms with E-state index in [1.807, 2.05) is 13.2 Å². The maximum absolute atomic E-state index is 5.61. The van der Waals surface area contributed by atoms with E-state index >= 15 is 0 Å². The molecule has 0 radical (unpaired) electrons. The topological polar surface area (TPSA) is 38.1 Å². The quantitative estimate of drug-likeness (QED) is 0.800. The molecule has 0 aliphatic carbocycles. The summed E-state index contributed by atoms with van der Waals surface area (Å²) in [7, 11) is 1.93. The van der Waals surface area contributed by atoms with Crippen LogP contribution in [0, 0.1) is 5.41 Å². The summed E-state index contributed by atoms with van der Waals surface area (Å²) in [5, 5.41) is 3.07. The Morgan fingerprint density at radius 1 is 1.43 bits per heavy atom. The molecule has 3 nitrogen and oxygen atoms in total. The van der Waals surface area contributed by atoms with Crippen LogP contribution in [0.1, 0.15) is 32.4 Å². The van der Waals surface area contributed by atoms with Gasteiger partial charge in [-0.15, -0.1) is 0 Å². The molecule has 0 saturated heterocycles. The number of nitrogens with one attached hydrogen (secondary N) is 1. The summed E-state index contributed by atoms with van der Waals surface area (Å²) in [4.78, 5) is 4.23. The highest BCUT2D eigenvalue weighted by Gasteiger charge is 2.14. The Kier molecular flexibility index (Phi) is 3.69.